The molecule has 1 aromatic carbocycles. The second-order valence-electron chi connectivity index (χ2n) is 6.43. The molecule has 2 aliphatic heterocycles. The summed E-state index contributed by atoms with van der Waals surface area (Å²) in [6.07, 6.45) is 6.94. The van der Waals surface area contributed by atoms with Crippen molar-refractivity contribution in [2.45, 2.75) is 45.6 Å². The molecule has 0 aliphatic carbocycles. The lowest BCUT2D eigenvalue weighted by atomic mass is 9.96. The molecule has 0 saturated carbocycles. The quantitative estimate of drug-likeness (QED) is 0.792. The average Bonchev–Trinajstić information content (AvgIpc) is 3.02. The summed E-state index contributed by atoms with van der Waals surface area (Å²) in [5, 5.41) is 0. The van der Waals surface area contributed by atoms with Gasteiger partial charge < -0.3 is 9.64 Å². The molecule has 2 aliphatic rings. The standard InChI is InChI=1S/C19H25NO/c1-14(2)16-7-9-17(10-8-16)19-15(3)6-11-18(21-19)20-12-4-5-13-20/h6-11,14,19H,4-5,12-13H2,1-3H3. The van der Waals surface area contributed by atoms with Gasteiger partial charge in [-0.1, -0.05) is 44.2 Å². The molecule has 0 bridgehead atoms. The second kappa shape index (κ2) is 5.97. The van der Waals surface area contributed by atoms with Crippen LogP contribution in [0.3, 0.4) is 0 Å². The van der Waals surface area contributed by atoms with Gasteiger partial charge in [0.2, 0.25) is 0 Å². The Hall–Kier alpha value is -1.70. The number of hydrogen-bond acceptors (Lipinski definition) is 2. The van der Waals surface area contributed by atoms with Gasteiger partial charge in [-0.3, -0.25) is 0 Å². The van der Waals surface area contributed by atoms with E-state index in [1.807, 2.05) is 0 Å². The molecule has 2 heteroatoms. The van der Waals surface area contributed by atoms with E-state index < -0.39 is 0 Å². The Labute approximate surface area is 128 Å². The lowest BCUT2D eigenvalue weighted by molar-refractivity contribution is 0.0754. The van der Waals surface area contributed by atoms with Gasteiger partial charge in [0.05, 0.1) is 0 Å². The molecule has 2 nitrogen and oxygen atoms in total. The normalized spacial score (nSPS) is 22.1. The lowest BCUT2D eigenvalue weighted by Crippen LogP contribution is -2.24. The van der Waals surface area contributed by atoms with Crippen LogP contribution in [0.2, 0.25) is 0 Å². The Morgan fingerprint density at radius 3 is 2.33 bits per heavy atom. The fourth-order valence-electron chi connectivity index (χ4n) is 3.05. The van der Waals surface area contributed by atoms with Crippen LogP contribution in [0.15, 0.2) is 47.9 Å². The highest BCUT2D eigenvalue weighted by molar-refractivity contribution is 5.33. The molecule has 0 radical (unpaired) electrons. The first-order valence-corrected chi connectivity index (χ1v) is 8.05. The second-order valence-corrected chi connectivity index (χ2v) is 6.43. The van der Waals surface area contributed by atoms with Gasteiger partial charge in [0.1, 0.15) is 6.10 Å². The summed E-state index contributed by atoms with van der Waals surface area (Å²) in [7, 11) is 0. The molecule has 0 aromatic heterocycles. The van der Waals surface area contributed by atoms with Gasteiger partial charge in [-0.25, -0.2) is 0 Å². The zero-order valence-electron chi connectivity index (χ0n) is 13.3. The van der Waals surface area contributed by atoms with Gasteiger partial charge in [-0.2, -0.15) is 0 Å². The molecule has 2 heterocycles. The highest BCUT2D eigenvalue weighted by Gasteiger charge is 2.24. The van der Waals surface area contributed by atoms with Crippen molar-refractivity contribution in [1.82, 2.24) is 4.90 Å². The third kappa shape index (κ3) is 2.99. The van der Waals surface area contributed by atoms with Crippen LogP contribution in [0.25, 0.3) is 0 Å². The summed E-state index contributed by atoms with van der Waals surface area (Å²) < 4.78 is 6.29. The SMILES string of the molecule is CC1=CC=C(N2CCCC2)OC1c1ccc(C(C)C)cc1. The van der Waals surface area contributed by atoms with Crippen LogP contribution in [0.5, 0.6) is 0 Å². The number of likely N-dealkylation sites (tertiary alicyclic amines) is 1. The number of rotatable bonds is 3. The molecule has 0 N–H and O–H groups in total. The number of benzene rings is 1. The molecule has 1 unspecified atom stereocenters. The van der Waals surface area contributed by atoms with Crippen LogP contribution in [-0.4, -0.2) is 18.0 Å². The first-order chi connectivity index (χ1) is 10.1. The third-order valence-corrected chi connectivity index (χ3v) is 4.46. The van der Waals surface area contributed by atoms with Gasteiger partial charge in [-0.05, 0) is 48.5 Å². The van der Waals surface area contributed by atoms with E-state index in [1.54, 1.807) is 0 Å². The third-order valence-electron chi connectivity index (χ3n) is 4.46. The van der Waals surface area contributed by atoms with Crippen molar-refractivity contribution < 1.29 is 4.74 Å². The fraction of sp³-hybridized carbons (Fsp3) is 0.474. The van der Waals surface area contributed by atoms with Crippen molar-refractivity contribution in [2.24, 2.45) is 0 Å². The van der Waals surface area contributed by atoms with Crippen LogP contribution in [0, 0.1) is 0 Å². The largest absolute Gasteiger partial charge is 0.466 e. The smallest absolute Gasteiger partial charge is 0.190 e. The Bertz CT molecular complexity index is 547. The van der Waals surface area contributed by atoms with Gasteiger partial charge in [0.25, 0.3) is 0 Å². The van der Waals surface area contributed by atoms with E-state index in [9.17, 15) is 0 Å². The minimum atomic E-state index is 0.0619. The topological polar surface area (TPSA) is 12.5 Å². The maximum atomic E-state index is 6.29. The molecule has 1 aromatic rings. The van der Waals surface area contributed by atoms with Gasteiger partial charge in [0.15, 0.2) is 5.88 Å². The summed E-state index contributed by atoms with van der Waals surface area (Å²) >= 11 is 0. The van der Waals surface area contributed by atoms with E-state index in [1.165, 1.54) is 29.5 Å². The maximum absolute atomic E-state index is 6.29. The predicted molar refractivity (Wildman–Crippen MR) is 87.0 cm³/mol. The molecular weight excluding hydrogens is 258 g/mol. The first-order valence-electron chi connectivity index (χ1n) is 8.05. The Morgan fingerprint density at radius 1 is 1.05 bits per heavy atom. The van der Waals surface area contributed by atoms with Gasteiger partial charge >= 0.3 is 0 Å². The van der Waals surface area contributed by atoms with E-state index in [2.05, 4.69) is 62.1 Å². The van der Waals surface area contributed by atoms with E-state index in [0.29, 0.717) is 5.92 Å². The highest BCUT2D eigenvalue weighted by Crippen LogP contribution is 2.34. The summed E-state index contributed by atoms with van der Waals surface area (Å²) in [4.78, 5) is 2.36. The molecule has 21 heavy (non-hydrogen) atoms. The number of ether oxygens (including phenoxy) is 1. The summed E-state index contributed by atoms with van der Waals surface area (Å²) in [6, 6.07) is 8.88. The highest BCUT2D eigenvalue weighted by atomic mass is 16.5. The first kappa shape index (κ1) is 14.2. The van der Waals surface area contributed by atoms with Crippen LogP contribution in [-0.2, 0) is 4.74 Å². The minimum absolute atomic E-state index is 0.0619. The van der Waals surface area contributed by atoms with Crippen molar-refractivity contribution >= 4 is 0 Å². The number of allylic oxidation sites excluding steroid dienone is 2. The summed E-state index contributed by atoms with van der Waals surface area (Å²) in [6.45, 7) is 8.85. The van der Waals surface area contributed by atoms with E-state index in [0.717, 1.165) is 19.0 Å². The summed E-state index contributed by atoms with van der Waals surface area (Å²) in [5.74, 6) is 1.61. The van der Waals surface area contributed by atoms with E-state index in [4.69, 9.17) is 4.74 Å². The molecule has 3 rings (SSSR count). The average molecular weight is 283 g/mol. The minimum Gasteiger partial charge on any atom is -0.466 e. The number of hydrogen-bond donors (Lipinski definition) is 0. The zero-order valence-corrected chi connectivity index (χ0v) is 13.3. The van der Waals surface area contributed by atoms with E-state index >= 15 is 0 Å². The monoisotopic (exact) mass is 283 g/mol. The van der Waals surface area contributed by atoms with Crippen LogP contribution in [0.4, 0.5) is 0 Å². The van der Waals surface area contributed by atoms with Crippen molar-refractivity contribution in [2.75, 3.05) is 13.1 Å². The van der Waals surface area contributed by atoms with Gasteiger partial charge in [0, 0.05) is 13.1 Å². The van der Waals surface area contributed by atoms with Crippen molar-refractivity contribution in [3.63, 3.8) is 0 Å². The Morgan fingerprint density at radius 2 is 1.71 bits per heavy atom. The maximum Gasteiger partial charge on any atom is 0.190 e. The molecule has 1 fully saturated rings. The molecule has 0 spiro atoms. The molecular formula is C19H25NO. The van der Waals surface area contributed by atoms with Crippen molar-refractivity contribution in [1.29, 1.82) is 0 Å². The van der Waals surface area contributed by atoms with Gasteiger partial charge in [-0.15, -0.1) is 0 Å². The molecule has 1 atom stereocenters. The molecule has 0 amide bonds. The lowest BCUT2D eigenvalue weighted by Gasteiger charge is -2.30. The molecule has 1 saturated heterocycles. The van der Waals surface area contributed by atoms with Crippen molar-refractivity contribution in [3.8, 4) is 0 Å². The predicted octanol–water partition coefficient (Wildman–Crippen LogP) is 4.76. The van der Waals surface area contributed by atoms with Crippen molar-refractivity contribution in [3.05, 3.63) is 59.0 Å². The van der Waals surface area contributed by atoms with E-state index in [-0.39, 0.29) is 6.10 Å². The summed E-state index contributed by atoms with van der Waals surface area (Å²) in [5.41, 5.74) is 3.90. The zero-order chi connectivity index (χ0) is 14.8. The Balaban J connectivity index is 1.79. The Kier molecular flexibility index (Phi) is 4.05. The van der Waals surface area contributed by atoms with Crippen LogP contribution in [0.1, 0.15) is 56.8 Å². The van der Waals surface area contributed by atoms with Crippen LogP contribution < -0.4 is 0 Å². The molecule has 112 valence electrons. The number of nitrogens with zero attached hydrogens (tertiary/aromatic N) is 1. The van der Waals surface area contributed by atoms with Crippen LogP contribution >= 0.6 is 0 Å². The fourth-order valence-corrected chi connectivity index (χ4v) is 3.05.